The van der Waals surface area contributed by atoms with Gasteiger partial charge in [0.1, 0.15) is 6.61 Å². The molecule has 26 heavy (non-hydrogen) atoms. The molecular formula is C22H19NO3. The minimum absolute atomic E-state index is 0.177. The highest BCUT2D eigenvalue weighted by Gasteiger charge is 2.45. The van der Waals surface area contributed by atoms with Gasteiger partial charge in [0, 0.05) is 12.0 Å². The second kappa shape index (κ2) is 6.64. The molecule has 0 spiro atoms. The standard InChI is InChI=1S/C22H19NO3/c1-25-21(24)22(15-26-20(23-22)18-8-3-2-4-9-18)14-16-11-12-17-7-5-6-10-19(17)13-16/h2-13H,14-15H2,1H3. The number of carbonyl (C=O) groups is 1. The van der Waals surface area contributed by atoms with Crippen LogP contribution < -0.4 is 0 Å². The third-order valence-corrected chi connectivity index (χ3v) is 4.66. The van der Waals surface area contributed by atoms with Gasteiger partial charge >= 0.3 is 5.97 Å². The van der Waals surface area contributed by atoms with Gasteiger partial charge in [-0.1, -0.05) is 60.7 Å². The first-order chi connectivity index (χ1) is 12.7. The number of methoxy groups -OCH3 is 1. The lowest BCUT2D eigenvalue weighted by atomic mass is 9.91. The van der Waals surface area contributed by atoms with Gasteiger partial charge in [-0.05, 0) is 28.5 Å². The second-order valence-electron chi connectivity index (χ2n) is 6.45. The van der Waals surface area contributed by atoms with E-state index >= 15 is 0 Å². The zero-order valence-corrected chi connectivity index (χ0v) is 14.5. The Labute approximate surface area is 152 Å². The number of ether oxygens (including phenoxy) is 2. The fraction of sp³-hybridized carbons (Fsp3) is 0.182. The molecule has 4 nitrogen and oxygen atoms in total. The topological polar surface area (TPSA) is 47.9 Å². The fourth-order valence-corrected chi connectivity index (χ4v) is 3.32. The Morgan fingerprint density at radius 1 is 1.04 bits per heavy atom. The molecule has 1 aliphatic rings. The number of fused-ring (bicyclic) bond motifs is 1. The average molecular weight is 345 g/mol. The zero-order chi connectivity index (χ0) is 18.0. The quantitative estimate of drug-likeness (QED) is 0.676. The minimum Gasteiger partial charge on any atom is -0.474 e. The highest BCUT2D eigenvalue weighted by Crippen LogP contribution is 2.29. The molecular weight excluding hydrogens is 326 g/mol. The van der Waals surface area contributed by atoms with Crippen molar-refractivity contribution in [1.29, 1.82) is 0 Å². The molecule has 0 bridgehead atoms. The smallest absolute Gasteiger partial charge is 0.337 e. The second-order valence-corrected chi connectivity index (χ2v) is 6.45. The minimum atomic E-state index is -1.05. The molecule has 1 unspecified atom stereocenters. The van der Waals surface area contributed by atoms with Crippen LogP contribution in [0.1, 0.15) is 11.1 Å². The molecule has 3 aromatic carbocycles. The van der Waals surface area contributed by atoms with Crippen molar-refractivity contribution < 1.29 is 14.3 Å². The number of aliphatic imine (C=N–C) groups is 1. The van der Waals surface area contributed by atoms with Crippen LogP contribution in [0.3, 0.4) is 0 Å². The molecule has 0 saturated heterocycles. The van der Waals surface area contributed by atoms with Crippen LogP contribution in [0, 0.1) is 0 Å². The molecule has 0 aliphatic carbocycles. The summed E-state index contributed by atoms with van der Waals surface area (Å²) in [4.78, 5) is 17.2. The number of hydrogen-bond acceptors (Lipinski definition) is 4. The van der Waals surface area contributed by atoms with Crippen LogP contribution in [0.25, 0.3) is 10.8 Å². The lowest BCUT2D eigenvalue weighted by Crippen LogP contribution is -2.41. The van der Waals surface area contributed by atoms with Crippen molar-refractivity contribution in [3.8, 4) is 0 Å². The third kappa shape index (κ3) is 2.94. The van der Waals surface area contributed by atoms with Gasteiger partial charge in [-0.25, -0.2) is 9.79 Å². The van der Waals surface area contributed by atoms with Gasteiger partial charge < -0.3 is 9.47 Å². The summed E-state index contributed by atoms with van der Waals surface area (Å²) in [5.41, 5.74) is 0.829. The van der Waals surface area contributed by atoms with Gasteiger partial charge in [-0.2, -0.15) is 0 Å². The maximum Gasteiger partial charge on any atom is 0.337 e. The molecule has 1 aliphatic heterocycles. The third-order valence-electron chi connectivity index (χ3n) is 4.66. The molecule has 0 radical (unpaired) electrons. The fourth-order valence-electron chi connectivity index (χ4n) is 3.32. The molecule has 4 heteroatoms. The average Bonchev–Trinajstić information content (AvgIpc) is 3.13. The van der Waals surface area contributed by atoms with E-state index in [1.54, 1.807) is 0 Å². The first-order valence-electron chi connectivity index (χ1n) is 8.54. The SMILES string of the molecule is COC(=O)C1(Cc2ccc3ccccc3c2)COC(c2ccccc2)=N1. The first-order valence-corrected chi connectivity index (χ1v) is 8.54. The number of hydrogen-bond donors (Lipinski definition) is 0. The summed E-state index contributed by atoms with van der Waals surface area (Å²) in [6.07, 6.45) is 0.431. The molecule has 3 aromatic rings. The maximum absolute atomic E-state index is 12.6. The van der Waals surface area contributed by atoms with Crippen LogP contribution in [0.2, 0.25) is 0 Å². The highest BCUT2D eigenvalue weighted by atomic mass is 16.5. The largest absolute Gasteiger partial charge is 0.474 e. The molecule has 0 amide bonds. The first kappa shape index (κ1) is 16.3. The van der Waals surface area contributed by atoms with Crippen LogP contribution in [0.5, 0.6) is 0 Å². The van der Waals surface area contributed by atoms with Crippen molar-refractivity contribution in [2.75, 3.05) is 13.7 Å². The normalized spacial score (nSPS) is 19.0. The number of rotatable bonds is 4. The van der Waals surface area contributed by atoms with Crippen molar-refractivity contribution in [2.45, 2.75) is 12.0 Å². The summed E-state index contributed by atoms with van der Waals surface area (Å²) in [6.45, 7) is 0.177. The Kier molecular flexibility index (Phi) is 4.17. The lowest BCUT2D eigenvalue weighted by molar-refractivity contribution is -0.147. The van der Waals surface area contributed by atoms with Gasteiger partial charge in [0.25, 0.3) is 0 Å². The Bertz CT molecular complexity index is 981. The Morgan fingerprint density at radius 2 is 1.77 bits per heavy atom. The van der Waals surface area contributed by atoms with E-state index in [1.165, 1.54) is 12.5 Å². The summed E-state index contributed by atoms with van der Waals surface area (Å²) in [6, 6.07) is 23.9. The Morgan fingerprint density at radius 3 is 2.54 bits per heavy atom. The highest BCUT2D eigenvalue weighted by molar-refractivity contribution is 5.99. The van der Waals surface area contributed by atoms with Crippen molar-refractivity contribution >= 4 is 22.6 Å². The van der Waals surface area contributed by atoms with Crippen LogP contribution >= 0.6 is 0 Å². The summed E-state index contributed by atoms with van der Waals surface area (Å²) in [5.74, 6) is 0.105. The lowest BCUT2D eigenvalue weighted by Gasteiger charge is -2.21. The molecule has 4 rings (SSSR count). The van der Waals surface area contributed by atoms with E-state index < -0.39 is 5.54 Å². The van der Waals surface area contributed by atoms with E-state index in [0.29, 0.717) is 12.3 Å². The van der Waals surface area contributed by atoms with E-state index in [2.05, 4.69) is 29.3 Å². The van der Waals surface area contributed by atoms with Gasteiger partial charge in [0.2, 0.25) is 5.90 Å². The molecule has 0 saturated carbocycles. The maximum atomic E-state index is 12.6. The number of nitrogens with zero attached hydrogens (tertiary/aromatic N) is 1. The molecule has 0 aromatic heterocycles. The summed E-state index contributed by atoms with van der Waals surface area (Å²) in [5, 5.41) is 2.30. The summed E-state index contributed by atoms with van der Waals surface area (Å²) in [7, 11) is 1.39. The molecule has 0 fully saturated rings. The van der Waals surface area contributed by atoms with E-state index in [-0.39, 0.29) is 12.6 Å². The monoisotopic (exact) mass is 345 g/mol. The van der Waals surface area contributed by atoms with Gasteiger partial charge in [-0.3, -0.25) is 0 Å². The molecule has 1 atom stereocenters. The van der Waals surface area contributed by atoms with Crippen molar-refractivity contribution in [3.63, 3.8) is 0 Å². The van der Waals surface area contributed by atoms with Crippen LogP contribution in [-0.4, -0.2) is 31.1 Å². The van der Waals surface area contributed by atoms with Crippen LogP contribution in [0.15, 0.2) is 77.8 Å². The van der Waals surface area contributed by atoms with E-state index in [0.717, 1.165) is 16.5 Å². The van der Waals surface area contributed by atoms with E-state index in [1.807, 2.05) is 48.5 Å². The van der Waals surface area contributed by atoms with Gasteiger partial charge in [-0.15, -0.1) is 0 Å². The summed E-state index contributed by atoms with van der Waals surface area (Å²) < 4.78 is 10.8. The Hall–Kier alpha value is -3.14. The Balaban J connectivity index is 1.71. The van der Waals surface area contributed by atoms with Crippen LogP contribution in [0.4, 0.5) is 0 Å². The van der Waals surface area contributed by atoms with Gasteiger partial charge in [0.05, 0.1) is 7.11 Å². The number of carbonyl (C=O) groups excluding carboxylic acids is 1. The zero-order valence-electron chi connectivity index (χ0n) is 14.5. The summed E-state index contributed by atoms with van der Waals surface area (Å²) >= 11 is 0. The predicted octanol–water partition coefficient (Wildman–Crippen LogP) is 3.77. The molecule has 0 N–H and O–H groups in total. The van der Waals surface area contributed by atoms with Crippen molar-refractivity contribution in [3.05, 3.63) is 83.9 Å². The van der Waals surface area contributed by atoms with Gasteiger partial charge in [0.15, 0.2) is 5.54 Å². The van der Waals surface area contributed by atoms with E-state index in [9.17, 15) is 4.79 Å². The van der Waals surface area contributed by atoms with Crippen molar-refractivity contribution in [2.24, 2.45) is 4.99 Å². The van der Waals surface area contributed by atoms with Crippen LogP contribution in [-0.2, 0) is 20.7 Å². The molecule has 1 heterocycles. The van der Waals surface area contributed by atoms with E-state index in [4.69, 9.17) is 9.47 Å². The number of esters is 1. The van der Waals surface area contributed by atoms with Crippen molar-refractivity contribution in [1.82, 2.24) is 0 Å². The number of benzene rings is 3. The molecule has 130 valence electrons. The predicted molar refractivity (Wildman–Crippen MR) is 101 cm³/mol.